The Morgan fingerprint density at radius 1 is 1.02 bits per heavy atom. The number of anilines is 1. The number of nitrogens with two attached hydrogens (primary N) is 1. The summed E-state index contributed by atoms with van der Waals surface area (Å²) in [6, 6.07) is 17.9. The number of nitrogens with zero attached hydrogens (tertiary/aromatic N) is 7. The second kappa shape index (κ2) is 9.38. The summed E-state index contributed by atoms with van der Waals surface area (Å²) in [5, 5.41) is 7.37. The molecular weight excluding hydrogens is 509 g/mol. The summed E-state index contributed by atoms with van der Waals surface area (Å²) in [5.41, 5.74) is 11.6. The van der Waals surface area contributed by atoms with Gasteiger partial charge in [-0.25, -0.2) is 24.6 Å². The van der Waals surface area contributed by atoms with Crippen molar-refractivity contribution in [3.05, 3.63) is 108 Å². The minimum Gasteiger partial charge on any atom is -0.383 e. The SMILES string of the molecule is Nc1ncccc1-c1nc2ccc(-n3cccn3)nc2n1-c1ccc2c(c1)CC[C@@H]2NC(=O)c1ccc(F)nc1. The Bertz CT molecular complexity index is 1880. The number of carbonyl (C=O) groups excluding carboxylic acids is 1. The molecule has 11 heteroatoms. The van der Waals surface area contributed by atoms with E-state index < -0.39 is 5.95 Å². The Morgan fingerprint density at radius 2 is 1.95 bits per heavy atom. The second-order valence-corrected chi connectivity index (χ2v) is 9.49. The molecule has 0 bridgehead atoms. The fourth-order valence-electron chi connectivity index (χ4n) is 5.16. The molecule has 7 rings (SSSR count). The number of halogens is 1. The molecule has 0 aliphatic heterocycles. The minimum absolute atomic E-state index is 0.167. The molecule has 1 aliphatic carbocycles. The molecule has 0 saturated carbocycles. The maximum atomic E-state index is 13.2. The first-order valence-corrected chi connectivity index (χ1v) is 12.7. The van der Waals surface area contributed by atoms with Gasteiger partial charge in [0.05, 0.1) is 17.2 Å². The maximum absolute atomic E-state index is 13.2. The molecule has 0 spiro atoms. The number of aromatic nitrogens is 7. The van der Waals surface area contributed by atoms with Gasteiger partial charge in [0.1, 0.15) is 11.3 Å². The smallest absolute Gasteiger partial charge is 0.253 e. The van der Waals surface area contributed by atoms with Gasteiger partial charge in [-0.1, -0.05) is 6.07 Å². The summed E-state index contributed by atoms with van der Waals surface area (Å²) in [7, 11) is 0. The third-order valence-electron chi connectivity index (χ3n) is 7.07. The van der Waals surface area contributed by atoms with E-state index in [0.717, 1.165) is 29.7 Å². The molecule has 0 unspecified atom stereocenters. The van der Waals surface area contributed by atoms with Crippen LogP contribution in [-0.2, 0) is 6.42 Å². The molecule has 0 saturated heterocycles. The fraction of sp³-hybridized carbons (Fsp3) is 0.103. The summed E-state index contributed by atoms with van der Waals surface area (Å²) in [5.74, 6) is 0.729. The lowest BCUT2D eigenvalue weighted by Gasteiger charge is -2.16. The number of hydrogen-bond acceptors (Lipinski definition) is 7. The predicted molar refractivity (Wildman–Crippen MR) is 146 cm³/mol. The number of hydrogen-bond donors (Lipinski definition) is 2. The number of aryl methyl sites for hydroxylation is 1. The lowest BCUT2D eigenvalue weighted by molar-refractivity contribution is 0.0936. The molecule has 196 valence electrons. The van der Waals surface area contributed by atoms with Crippen LogP contribution in [0.2, 0.25) is 0 Å². The first kappa shape index (κ1) is 23.7. The van der Waals surface area contributed by atoms with Gasteiger partial charge in [-0.3, -0.25) is 9.36 Å². The molecule has 40 heavy (non-hydrogen) atoms. The van der Waals surface area contributed by atoms with E-state index in [9.17, 15) is 9.18 Å². The maximum Gasteiger partial charge on any atom is 0.253 e. The Morgan fingerprint density at radius 3 is 2.75 bits per heavy atom. The van der Waals surface area contributed by atoms with Gasteiger partial charge < -0.3 is 11.1 Å². The first-order chi connectivity index (χ1) is 19.5. The normalized spacial score (nSPS) is 14.4. The molecule has 0 fully saturated rings. The number of pyridine rings is 3. The third kappa shape index (κ3) is 4.04. The molecule has 10 nitrogen and oxygen atoms in total. The van der Waals surface area contributed by atoms with E-state index in [1.807, 2.05) is 53.2 Å². The summed E-state index contributed by atoms with van der Waals surface area (Å²) in [4.78, 5) is 30.4. The zero-order chi connectivity index (χ0) is 27.2. The van der Waals surface area contributed by atoms with Gasteiger partial charge in [0, 0.05) is 30.5 Å². The third-order valence-corrected chi connectivity index (χ3v) is 7.07. The second-order valence-electron chi connectivity index (χ2n) is 9.49. The lowest BCUT2D eigenvalue weighted by Crippen LogP contribution is -2.27. The Kier molecular flexibility index (Phi) is 5.55. The Hall–Kier alpha value is -5.45. The van der Waals surface area contributed by atoms with E-state index in [1.54, 1.807) is 17.1 Å². The highest BCUT2D eigenvalue weighted by Gasteiger charge is 2.26. The van der Waals surface area contributed by atoms with Gasteiger partial charge >= 0.3 is 0 Å². The number of benzene rings is 1. The highest BCUT2D eigenvalue weighted by atomic mass is 19.1. The number of imidazole rings is 1. The molecule has 3 N–H and O–H groups in total. The number of rotatable bonds is 5. The Balaban J connectivity index is 1.31. The molecule has 1 atom stereocenters. The van der Waals surface area contributed by atoms with Crippen molar-refractivity contribution >= 4 is 22.9 Å². The van der Waals surface area contributed by atoms with Crippen molar-refractivity contribution in [2.45, 2.75) is 18.9 Å². The van der Waals surface area contributed by atoms with Crippen LogP contribution in [0.4, 0.5) is 10.2 Å². The number of nitrogens with one attached hydrogen (secondary N) is 1. The first-order valence-electron chi connectivity index (χ1n) is 12.7. The highest BCUT2D eigenvalue weighted by molar-refractivity contribution is 5.94. The van der Waals surface area contributed by atoms with Crippen molar-refractivity contribution in [2.24, 2.45) is 0 Å². The standard InChI is InChI=1S/C29H22FN9O/c30-24-10-5-18(16-33-24)29(40)36-22-8-4-17-15-19(6-7-20(17)22)39-27(21-3-1-12-32-26(21)31)35-23-9-11-25(37-28(23)39)38-14-2-13-34-38/h1-3,5-7,9-16,22H,4,8H2,(H2,31,32)(H,36,40)/t22-/m0/s1. The fourth-order valence-corrected chi connectivity index (χ4v) is 5.16. The van der Waals surface area contributed by atoms with Crippen LogP contribution >= 0.6 is 0 Å². The van der Waals surface area contributed by atoms with Crippen molar-refractivity contribution in [2.75, 3.05) is 5.73 Å². The highest BCUT2D eigenvalue weighted by Crippen LogP contribution is 2.36. The molecule has 1 amide bonds. The van der Waals surface area contributed by atoms with Gasteiger partial charge in [0.15, 0.2) is 17.3 Å². The van der Waals surface area contributed by atoms with E-state index in [0.29, 0.717) is 39.8 Å². The molecule has 5 heterocycles. The number of carbonyl (C=O) groups is 1. The molecule has 1 aliphatic rings. The van der Waals surface area contributed by atoms with Crippen LogP contribution < -0.4 is 11.1 Å². The van der Waals surface area contributed by atoms with Crippen LogP contribution in [0.3, 0.4) is 0 Å². The van der Waals surface area contributed by atoms with Crippen molar-refractivity contribution in [3.63, 3.8) is 0 Å². The van der Waals surface area contributed by atoms with Crippen LogP contribution in [0.1, 0.15) is 33.9 Å². The van der Waals surface area contributed by atoms with E-state index in [4.69, 9.17) is 15.7 Å². The topological polar surface area (TPSA) is 129 Å². The van der Waals surface area contributed by atoms with Gasteiger partial charge in [-0.05, 0) is 78.6 Å². The average molecular weight is 532 g/mol. The van der Waals surface area contributed by atoms with Gasteiger partial charge in [-0.2, -0.15) is 9.49 Å². The lowest BCUT2D eigenvalue weighted by atomic mass is 10.1. The van der Waals surface area contributed by atoms with Crippen molar-refractivity contribution in [1.82, 2.24) is 39.6 Å². The monoisotopic (exact) mass is 531 g/mol. The summed E-state index contributed by atoms with van der Waals surface area (Å²) >= 11 is 0. The van der Waals surface area contributed by atoms with Crippen LogP contribution in [0.15, 0.2) is 85.5 Å². The Labute approximate surface area is 227 Å². The molecule has 0 radical (unpaired) electrons. The van der Waals surface area contributed by atoms with E-state index in [1.165, 1.54) is 18.3 Å². The molecule has 6 aromatic rings. The van der Waals surface area contributed by atoms with Crippen molar-refractivity contribution < 1.29 is 9.18 Å². The minimum atomic E-state index is -0.624. The largest absolute Gasteiger partial charge is 0.383 e. The van der Waals surface area contributed by atoms with Crippen LogP contribution in [0.25, 0.3) is 34.1 Å². The van der Waals surface area contributed by atoms with Gasteiger partial charge in [0.25, 0.3) is 5.91 Å². The number of amides is 1. The molecule has 5 aromatic heterocycles. The van der Waals surface area contributed by atoms with Crippen molar-refractivity contribution in [3.8, 4) is 22.9 Å². The van der Waals surface area contributed by atoms with E-state index in [2.05, 4.69) is 26.4 Å². The summed E-state index contributed by atoms with van der Waals surface area (Å²) in [6.45, 7) is 0. The molecular formula is C29H22FN9O. The zero-order valence-electron chi connectivity index (χ0n) is 21.1. The summed E-state index contributed by atoms with van der Waals surface area (Å²) in [6.07, 6.45) is 7.94. The average Bonchev–Trinajstić information content (AvgIpc) is 3.72. The number of nitrogen functional groups attached to an aromatic ring is 1. The van der Waals surface area contributed by atoms with Crippen LogP contribution in [0, 0.1) is 5.95 Å². The molecule has 1 aromatic carbocycles. The number of fused-ring (bicyclic) bond motifs is 2. The zero-order valence-corrected chi connectivity index (χ0v) is 21.1. The van der Waals surface area contributed by atoms with Crippen molar-refractivity contribution in [1.29, 1.82) is 0 Å². The van der Waals surface area contributed by atoms with Gasteiger partial charge in [0.2, 0.25) is 5.95 Å². The van der Waals surface area contributed by atoms with Gasteiger partial charge in [-0.15, -0.1) is 0 Å². The summed E-state index contributed by atoms with van der Waals surface area (Å²) < 4.78 is 16.9. The van der Waals surface area contributed by atoms with Crippen LogP contribution in [-0.4, -0.2) is 40.2 Å². The van der Waals surface area contributed by atoms with E-state index in [-0.39, 0.29) is 11.9 Å². The van der Waals surface area contributed by atoms with Crippen LogP contribution in [0.5, 0.6) is 0 Å². The predicted octanol–water partition coefficient (Wildman–Crippen LogP) is 4.20. The quantitative estimate of drug-likeness (QED) is 0.319. The van der Waals surface area contributed by atoms with E-state index >= 15 is 0 Å².